The van der Waals surface area contributed by atoms with Gasteiger partial charge < -0.3 is 10.0 Å². The number of rotatable bonds is 5. The van der Waals surface area contributed by atoms with Crippen LogP contribution >= 0.6 is 0 Å². The van der Waals surface area contributed by atoms with Gasteiger partial charge in [-0.3, -0.25) is 0 Å². The molecule has 0 spiro atoms. The molecule has 0 amide bonds. The molecule has 1 aromatic carbocycles. The minimum Gasteiger partial charge on any atom is -0.477 e. The minimum absolute atomic E-state index is 0.0146. The van der Waals surface area contributed by atoms with E-state index < -0.39 is 5.97 Å². The predicted molar refractivity (Wildman–Crippen MR) is 78.0 cm³/mol. The number of nitrogens with zero attached hydrogens (tertiary/aromatic N) is 3. The molecule has 0 unspecified atom stereocenters. The average molecular weight is 271 g/mol. The zero-order chi connectivity index (χ0) is 14.5. The lowest BCUT2D eigenvalue weighted by Gasteiger charge is -2.20. The van der Waals surface area contributed by atoms with E-state index in [9.17, 15) is 9.90 Å². The zero-order valence-electron chi connectivity index (χ0n) is 11.6. The Morgan fingerprint density at radius 1 is 1.15 bits per heavy atom. The summed E-state index contributed by atoms with van der Waals surface area (Å²) in [5, 5.41) is 9.20. The maximum atomic E-state index is 11.2. The molecule has 1 N–H and O–H groups in total. The Morgan fingerprint density at radius 2 is 1.80 bits per heavy atom. The summed E-state index contributed by atoms with van der Waals surface area (Å²) in [6.07, 6.45) is 0. The molecule has 20 heavy (non-hydrogen) atoms. The molecular weight excluding hydrogens is 254 g/mol. The summed E-state index contributed by atoms with van der Waals surface area (Å²) in [4.78, 5) is 21.8. The van der Waals surface area contributed by atoms with Crippen molar-refractivity contribution >= 4 is 11.8 Å². The fourth-order valence-corrected chi connectivity index (χ4v) is 1.97. The number of hydrogen-bond acceptors (Lipinski definition) is 4. The van der Waals surface area contributed by atoms with Crippen molar-refractivity contribution in [3.05, 3.63) is 42.1 Å². The lowest BCUT2D eigenvalue weighted by Crippen LogP contribution is -2.24. The molecule has 0 saturated heterocycles. The molecule has 5 heteroatoms. The van der Waals surface area contributed by atoms with Crippen molar-refractivity contribution in [2.45, 2.75) is 13.8 Å². The van der Waals surface area contributed by atoms with Gasteiger partial charge in [0, 0.05) is 24.7 Å². The van der Waals surface area contributed by atoms with Crippen LogP contribution in [0.25, 0.3) is 11.4 Å². The van der Waals surface area contributed by atoms with Crippen LogP contribution in [0.1, 0.15) is 24.3 Å². The van der Waals surface area contributed by atoms with Crippen LogP contribution in [-0.4, -0.2) is 34.1 Å². The second kappa shape index (κ2) is 6.14. The minimum atomic E-state index is -1.04. The average Bonchev–Trinajstić information content (AvgIpc) is 2.49. The lowest BCUT2D eigenvalue weighted by molar-refractivity contribution is 0.0690. The summed E-state index contributed by atoms with van der Waals surface area (Å²) in [5.41, 5.74) is 0.824. The third-order valence-electron chi connectivity index (χ3n) is 3.05. The van der Waals surface area contributed by atoms with Crippen LogP contribution in [-0.2, 0) is 0 Å². The van der Waals surface area contributed by atoms with E-state index in [0.717, 1.165) is 18.7 Å². The number of carboxylic acids is 1. The Morgan fingerprint density at radius 3 is 2.35 bits per heavy atom. The van der Waals surface area contributed by atoms with E-state index in [1.54, 1.807) is 0 Å². The van der Waals surface area contributed by atoms with E-state index in [1.165, 1.54) is 6.07 Å². The van der Waals surface area contributed by atoms with Crippen molar-refractivity contribution in [3.8, 4) is 11.4 Å². The Balaban J connectivity index is 2.55. The predicted octanol–water partition coefficient (Wildman–Crippen LogP) is 2.69. The fraction of sp³-hybridized carbons (Fsp3) is 0.267. The van der Waals surface area contributed by atoms with E-state index in [1.807, 2.05) is 49.1 Å². The van der Waals surface area contributed by atoms with Crippen molar-refractivity contribution in [1.29, 1.82) is 0 Å². The number of aromatic nitrogens is 2. The van der Waals surface area contributed by atoms with Crippen molar-refractivity contribution in [3.63, 3.8) is 0 Å². The molecule has 0 aliphatic heterocycles. The first kappa shape index (κ1) is 14.0. The number of aromatic carboxylic acids is 1. The van der Waals surface area contributed by atoms with Gasteiger partial charge in [0.05, 0.1) is 0 Å². The standard InChI is InChI=1S/C15H17N3O2/c1-3-18(4-2)13-10-12(15(19)20)16-14(17-13)11-8-6-5-7-9-11/h5-10H,3-4H2,1-2H3,(H,19,20). The first-order chi connectivity index (χ1) is 9.65. The van der Waals surface area contributed by atoms with Crippen LogP contribution in [0.2, 0.25) is 0 Å². The van der Waals surface area contributed by atoms with Gasteiger partial charge in [-0.2, -0.15) is 0 Å². The molecule has 0 aliphatic carbocycles. The van der Waals surface area contributed by atoms with E-state index in [4.69, 9.17) is 0 Å². The quantitative estimate of drug-likeness (QED) is 0.905. The molecule has 0 radical (unpaired) electrons. The molecule has 0 saturated carbocycles. The molecule has 5 nitrogen and oxygen atoms in total. The van der Waals surface area contributed by atoms with E-state index >= 15 is 0 Å². The maximum Gasteiger partial charge on any atom is 0.354 e. The summed E-state index contributed by atoms with van der Waals surface area (Å²) in [6.45, 7) is 5.55. The Hall–Kier alpha value is -2.43. The van der Waals surface area contributed by atoms with Gasteiger partial charge in [-0.1, -0.05) is 30.3 Å². The van der Waals surface area contributed by atoms with Gasteiger partial charge in [-0.25, -0.2) is 14.8 Å². The van der Waals surface area contributed by atoms with Gasteiger partial charge in [0.1, 0.15) is 5.82 Å². The summed E-state index contributed by atoms with van der Waals surface area (Å²) in [7, 11) is 0. The largest absolute Gasteiger partial charge is 0.477 e. The lowest BCUT2D eigenvalue weighted by atomic mass is 10.2. The van der Waals surface area contributed by atoms with E-state index in [-0.39, 0.29) is 5.69 Å². The van der Waals surface area contributed by atoms with Crippen molar-refractivity contribution in [2.24, 2.45) is 0 Å². The van der Waals surface area contributed by atoms with Crippen LogP contribution in [0, 0.1) is 0 Å². The Labute approximate surface area is 117 Å². The molecule has 0 atom stereocenters. The van der Waals surface area contributed by atoms with Crippen molar-refractivity contribution < 1.29 is 9.90 Å². The Kier molecular flexibility index (Phi) is 4.30. The molecule has 2 aromatic rings. The molecule has 0 aliphatic rings. The van der Waals surface area contributed by atoms with Gasteiger partial charge in [0.25, 0.3) is 0 Å². The number of carboxylic acid groups (broad SMARTS) is 1. The SMILES string of the molecule is CCN(CC)c1cc(C(=O)O)nc(-c2ccccc2)n1. The van der Waals surface area contributed by atoms with Crippen LogP contribution < -0.4 is 4.90 Å². The first-order valence-corrected chi connectivity index (χ1v) is 6.58. The van der Waals surface area contributed by atoms with Crippen LogP contribution in [0.15, 0.2) is 36.4 Å². The molecule has 2 rings (SSSR count). The van der Waals surface area contributed by atoms with Gasteiger partial charge in [0.2, 0.25) is 0 Å². The highest BCUT2D eigenvalue weighted by atomic mass is 16.4. The Bertz CT molecular complexity index is 595. The first-order valence-electron chi connectivity index (χ1n) is 6.58. The van der Waals surface area contributed by atoms with Crippen LogP contribution in [0.3, 0.4) is 0 Å². The zero-order valence-corrected chi connectivity index (χ0v) is 11.6. The number of carbonyl (C=O) groups is 1. The van der Waals surface area contributed by atoms with Crippen LogP contribution in [0.4, 0.5) is 5.82 Å². The van der Waals surface area contributed by atoms with Crippen LogP contribution in [0.5, 0.6) is 0 Å². The second-order valence-electron chi connectivity index (χ2n) is 4.28. The van der Waals surface area contributed by atoms with E-state index in [2.05, 4.69) is 9.97 Å². The highest BCUT2D eigenvalue weighted by Crippen LogP contribution is 2.20. The van der Waals surface area contributed by atoms with Gasteiger partial charge in [-0.05, 0) is 13.8 Å². The molecule has 1 heterocycles. The summed E-state index contributed by atoms with van der Waals surface area (Å²) >= 11 is 0. The van der Waals surface area contributed by atoms with Crippen molar-refractivity contribution in [1.82, 2.24) is 9.97 Å². The summed E-state index contributed by atoms with van der Waals surface area (Å²) < 4.78 is 0. The highest BCUT2D eigenvalue weighted by Gasteiger charge is 2.14. The molecule has 104 valence electrons. The summed E-state index contributed by atoms with van der Waals surface area (Å²) in [6, 6.07) is 10.9. The van der Waals surface area contributed by atoms with Crippen molar-refractivity contribution in [2.75, 3.05) is 18.0 Å². The molecular formula is C15H17N3O2. The van der Waals surface area contributed by atoms with Gasteiger partial charge in [-0.15, -0.1) is 0 Å². The fourth-order valence-electron chi connectivity index (χ4n) is 1.97. The number of benzene rings is 1. The number of hydrogen-bond donors (Lipinski definition) is 1. The van der Waals surface area contributed by atoms with E-state index in [0.29, 0.717) is 11.6 Å². The third kappa shape index (κ3) is 2.93. The summed E-state index contributed by atoms with van der Waals surface area (Å²) in [5.74, 6) is 0.0339. The monoisotopic (exact) mass is 271 g/mol. The van der Waals surface area contributed by atoms with Gasteiger partial charge >= 0.3 is 5.97 Å². The normalized spacial score (nSPS) is 10.3. The topological polar surface area (TPSA) is 66.3 Å². The maximum absolute atomic E-state index is 11.2. The molecule has 0 bridgehead atoms. The highest BCUT2D eigenvalue weighted by molar-refractivity contribution is 5.87. The number of anilines is 1. The molecule has 1 aromatic heterocycles. The van der Waals surface area contributed by atoms with Gasteiger partial charge in [0.15, 0.2) is 11.5 Å². The third-order valence-corrected chi connectivity index (χ3v) is 3.05. The molecule has 0 fully saturated rings. The smallest absolute Gasteiger partial charge is 0.354 e. The second-order valence-corrected chi connectivity index (χ2v) is 4.28.